The molecule has 18 heavy (non-hydrogen) atoms. The van der Waals surface area contributed by atoms with Gasteiger partial charge >= 0.3 is 0 Å². The molecule has 0 amide bonds. The van der Waals surface area contributed by atoms with Crippen LogP contribution in [0, 0.1) is 5.82 Å². The Morgan fingerprint density at radius 2 is 2.17 bits per heavy atom. The highest BCUT2D eigenvalue weighted by Crippen LogP contribution is 2.29. The lowest BCUT2D eigenvalue weighted by molar-refractivity contribution is 0.592. The number of halogens is 3. The van der Waals surface area contributed by atoms with Crippen LogP contribution in [0.15, 0.2) is 34.1 Å². The fraction of sp³-hybridized carbons (Fsp3) is 0.231. The lowest BCUT2D eigenvalue weighted by Gasteiger charge is -2.14. The van der Waals surface area contributed by atoms with Crippen LogP contribution >= 0.6 is 38.9 Å². The fourth-order valence-corrected chi connectivity index (χ4v) is 3.41. The van der Waals surface area contributed by atoms with Gasteiger partial charge in [0.25, 0.3) is 0 Å². The smallest absolute Gasteiger partial charge is 0.142 e. The van der Waals surface area contributed by atoms with Crippen molar-refractivity contribution in [3.63, 3.8) is 0 Å². The average molecular weight is 349 g/mol. The van der Waals surface area contributed by atoms with E-state index in [1.165, 1.54) is 10.9 Å². The van der Waals surface area contributed by atoms with Crippen LogP contribution in [0.25, 0.3) is 0 Å². The van der Waals surface area contributed by atoms with Crippen molar-refractivity contribution in [1.82, 2.24) is 5.32 Å². The Morgan fingerprint density at radius 3 is 2.72 bits per heavy atom. The quantitative estimate of drug-likeness (QED) is 0.836. The third kappa shape index (κ3) is 3.32. The molecule has 0 fully saturated rings. The second kappa shape index (κ2) is 6.15. The predicted molar refractivity (Wildman–Crippen MR) is 78.9 cm³/mol. The zero-order valence-corrected chi connectivity index (χ0v) is 12.9. The van der Waals surface area contributed by atoms with E-state index in [4.69, 9.17) is 11.6 Å². The minimum atomic E-state index is -0.364. The Kier molecular flexibility index (Phi) is 4.78. The van der Waals surface area contributed by atoms with Gasteiger partial charge in [-0.1, -0.05) is 17.7 Å². The predicted octanol–water partition coefficient (Wildman–Crippen LogP) is 4.81. The molecule has 1 heterocycles. The first-order valence-electron chi connectivity index (χ1n) is 5.46. The second-order valence-electron chi connectivity index (χ2n) is 3.94. The molecule has 1 aromatic heterocycles. The van der Waals surface area contributed by atoms with E-state index in [0.29, 0.717) is 0 Å². The van der Waals surface area contributed by atoms with Gasteiger partial charge < -0.3 is 5.32 Å². The van der Waals surface area contributed by atoms with Crippen LogP contribution in [0.5, 0.6) is 0 Å². The highest BCUT2D eigenvalue weighted by Gasteiger charge is 2.13. The first-order valence-corrected chi connectivity index (χ1v) is 7.45. The number of likely N-dealkylation sites (N-methyl/N-ethyl adjacent to an activating group) is 1. The molecule has 1 aromatic carbocycles. The van der Waals surface area contributed by atoms with Crippen molar-refractivity contribution >= 4 is 38.9 Å². The Balaban J connectivity index is 2.17. The Hall–Kier alpha value is -0.420. The minimum Gasteiger partial charge on any atom is -0.312 e. The lowest BCUT2D eigenvalue weighted by atomic mass is 10.0. The van der Waals surface area contributed by atoms with Gasteiger partial charge in [-0.05, 0) is 59.2 Å². The van der Waals surface area contributed by atoms with Crippen molar-refractivity contribution in [2.45, 2.75) is 12.5 Å². The SMILES string of the molecule is CNC(Cc1ccc(Cl)c(F)c1)c1ccc(Br)s1. The molecule has 0 aliphatic rings. The highest BCUT2D eigenvalue weighted by atomic mass is 79.9. The first-order chi connectivity index (χ1) is 8.60. The van der Waals surface area contributed by atoms with Crippen molar-refractivity contribution in [3.8, 4) is 0 Å². The Morgan fingerprint density at radius 1 is 1.39 bits per heavy atom. The van der Waals surface area contributed by atoms with Crippen molar-refractivity contribution in [3.05, 3.63) is 55.4 Å². The van der Waals surface area contributed by atoms with E-state index >= 15 is 0 Å². The zero-order chi connectivity index (χ0) is 13.1. The average Bonchev–Trinajstić information content (AvgIpc) is 2.77. The minimum absolute atomic E-state index is 0.165. The summed E-state index contributed by atoms with van der Waals surface area (Å²) in [5.74, 6) is -0.364. The molecule has 0 bridgehead atoms. The maximum Gasteiger partial charge on any atom is 0.142 e. The number of hydrogen-bond acceptors (Lipinski definition) is 2. The molecule has 0 spiro atoms. The van der Waals surface area contributed by atoms with E-state index in [0.717, 1.165) is 15.8 Å². The molecule has 1 nitrogen and oxygen atoms in total. The summed E-state index contributed by atoms with van der Waals surface area (Å²) in [6.45, 7) is 0. The maximum absolute atomic E-state index is 13.4. The molecule has 96 valence electrons. The van der Waals surface area contributed by atoms with Gasteiger partial charge in [0.1, 0.15) is 5.82 Å². The summed E-state index contributed by atoms with van der Waals surface area (Å²) in [7, 11) is 1.91. The van der Waals surface area contributed by atoms with Crippen molar-refractivity contribution in [2.24, 2.45) is 0 Å². The third-order valence-corrected chi connectivity index (χ3v) is 4.75. The molecule has 0 aliphatic heterocycles. The van der Waals surface area contributed by atoms with Gasteiger partial charge in [0.05, 0.1) is 8.81 Å². The third-order valence-electron chi connectivity index (χ3n) is 2.71. The van der Waals surface area contributed by atoms with Crippen molar-refractivity contribution in [2.75, 3.05) is 7.05 Å². The van der Waals surface area contributed by atoms with Crippen LogP contribution in [-0.2, 0) is 6.42 Å². The van der Waals surface area contributed by atoms with Crippen LogP contribution in [0.4, 0.5) is 4.39 Å². The van der Waals surface area contributed by atoms with Crippen LogP contribution in [0.1, 0.15) is 16.5 Å². The van der Waals surface area contributed by atoms with E-state index in [2.05, 4.69) is 27.3 Å². The molecule has 5 heteroatoms. The second-order valence-corrected chi connectivity index (χ2v) is 6.84. The van der Waals surface area contributed by atoms with Gasteiger partial charge in [0, 0.05) is 10.9 Å². The van der Waals surface area contributed by atoms with E-state index in [-0.39, 0.29) is 16.9 Å². The maximum atomic E-state index is 13.4. The summed E-state index contributed by atoms with van der Waals surface area (Å²) in [5.41, 5.74) is 0.931. The number of thiophene rings is 1. The molecule has 2 aromatic rings. The summed E-state index contributed by atoms with van der Waals surface area (Å²) in [6.07, 6.45) is 0.734. The van der Waals surface area contributed by atoms with Gasteiger partial charge in [-0.2, -0.15) is 0 Å². The summed E-state index contributed by atoms with van der Waals surface area (Å²) < 4.78 is 14.5. The highest BCUT2D eigenvalue weighted by molar-refractivity contribution is 9.11. The molecule has 1 atom stereocenters. The van der Waals surface area contributed by atoms with Gasteiger partial charge in [-0.3, -0.25) is 0 Å². The molecule has 0 aliphatic carbocycles. The van der Waals surface area contributed by atoms with Gasteiger partial charge in [-0.25, -0.2) is 4.39 Å². The van der Waals surface area contributed by atoms with Crippen LogP contribution in [0.2, 0.25) is 5.02 Å². The molecule has 0 radical (unpaired) electrons. The Labute approximate surface area is 123 Å². The topological polar surface area (TPSA) is 12.0 Å². The van der Waals surface area contributed by atoms with Crippen molar-refractivity contribution < 1.29 is 4.39 Å². The summed E-state index contributed by atoms with van der Waals surface area (Å²) in [6, 6.07) is 9.23. The zero-order valence-electron chi connectivity index (χ0n) is 9.71. The molecule has 1 unspecified atom stereocenters. The number of hydrogen-bond donors (Lipinski definition) is 1. The number of nitrogens with one attached hydrogen (secondary N) is 1. The normalized spacial score (nSPS) is 12.7. The van der Waals surface area contributed by atoms with Crippen molar-refractivity contribution in [1.29, 1.82) is 0 Å². The lowest BCUT2D eigenvalue weighted by Crippen LogP contribution is -2.17. The largest absolute Gasteiger partial charge is 0.312 e. The molecular weight excluding hydrogens is 337 g/mol. The van der Waals surface area contributed by atoms with Gasteiger partial charge in [0.2, 0.25) is 0 Å². The summed E-state index contributed by atoms with van der Waals surface area (Å²) in [4.78, 5) is 1.22. The Bertz CT molecular complexity index is 544. The molecule has 2 rings (SSSR count). The summed E-state index contributed by atoms with van der Waals surface area (Å²) in [5, 5.41) is 3.41. The molecule has 0 saturated heterocycles. The standard InChI is InChI=1S/C13H12BrClFNS/c1-17-11(12-4-5-13(14)18-12)7-8-2-3-9(15)10(16)6-8/h2-6,11,17H,7H2,1H3. The van der Waals surface area contributed by atoms with E-state index < -0.39 is 0 Å². The number of benzene rings is 1. The van der Waals surface area contributed by atoms with Gasteiger partial charge in [-0.15, -0.1) is 11.3 Å². The van der Waals surface area contributed by atoms with E-state index in [9.17, 15) is 4.39 Å². The fourth-order valence-electron chi connectivity index (χ4n) is 1.76. The number of rotatable bonds is 4. The van der Waals surface area contributed by atoms with E-state index in [1.54, 1.807) is 17.4 Å². The van der Waals surface area contributed by atoms with E-state index in [1.807, 2.05) is 19.2 Å². The summed E-state index contributed by atoms with van der Waals surface area (Å²) >= 11 is 10.8. The molecule has 0 saturated carbocycles. The molecular formula is C13H12BrClFNS. The van der Waals surface area contributed by atoms with Crippen LogP contribution in [-0.4, -0.2) is 7.05 Å². The first kappa shape index (κ1) is 14.0. The monoisotopic (exact) mass is 347 g/mol. The van der Waals surface area contributed by atoms with Crippen LogP contribution in [0.3, 0.4) is 0 Å². The van der Waals surface area contributed by atoms with Gasteiger partial charge in [0.15, 0.2) is 0 Å². The van der Waals surface area contributed by atoms with Crippen LogP contribution < -0.4 is 5.32 Å². The molecule has 1 N–H and O–H groups in total.